The molecular formula is C17H21N3O5S. The van der Waals surface area contributed by atoms with Crippen molar-refractivity contribution in [1.82, 2.24) is 9.78 Å². The van der Waals surface area contributed by atoms with Crippen LogP contribution in [0.1, 0.15) is 55.1 Å². The SMILES string of the molecule is CCCOC(=O)c1c(NC(=O)c2cc(C)n(C)n2)sc(C(=O)OC)c1C. The molecule has 0 aliphatic rings. The molecule has 2 aromatic heterocycles. The number of thiophene rings is 1. The number of ether oxygens (including phenoxy) is 2. The highest BCUT2D eigenvalue weighted by Crippen LogP contribution is 2.34. The Labute approximate surface area is 155 Å². The van der Waals surface area contributed by atoms with E-state index in [1.807, 2.05) is 13.8 Å². The van der Waals surface area contributed by atoms with Gasteiger partial charge in [-0.25, -0.2) is 9.59 Å². The summed E-state index contributed by atoms with van der Waals surface area (Å²) in [6.07, 6.45) is 0.660. The van der Waals surface area contributed by atoms with Gasteiger partial charge >= 0.3 is 11.9 Å². The summed E-state index contributed by atoms with van der Waals surface area (Å²) in [5.74, 6) is -1.65. The summed E-state index contributed by atoms with van der Waals surface area (Å²) < 4.78 is 11.5. The smallest absolute Gasteiger partial charge is 0.348 e. The summed E-state index contributed by atoms with van der Waals surface area (Å²) in [5, 5.41) is 7.01. The molecule has 0 unspecified atom stereocenters. The van der Waals surface area contributed by atoms with E-state index in [9.17, 15) is 14.4 Å². The number of methoxy groups -OCH3 is 1. The number of nitrogens with zero attached hydrogens (tertiary/aromatic N) is 2. The Morgan fingerprint density at radius 2 is 1.96 bits per heavy atom. The first-order valence-corrected chi connectivity index (χ1v) is 8.82. The lowest BCUT2D eigenvalue weighted by Gasteiger charge is -2.06. The number of hydrogen-bond acceptors (Lipinski definition) is 7. The van der Waals surface area contributed by atoms with Gasteiger partial charge < -0.3 is 14.8 Å². The minimum atomic E-state index is -0.594. The predicted molar refractivity (Wildman–Crippen MR) is 96.9 cm³/mol. The highest BCUT2D eigenvalue weighted by atomic mass is 32.1. The molecule has 0 saturated heterocycles. The van der Waals surface area contributed by atoms with Gasteiger partial charge in [0.25, 0.3) is 5.91 Å². The van der Waals surface area contributed by atoms with Crippen LogP contribution in [0.25, 0.3) is 0 Å². The van der Waals surface area contributed by atoms with Gasteiger partial charge in [-0.3, -0.25) is 9.48 Å². The standard InChI is InChI=1S/C17H21N3O5S/c1-6-7-25-16(22)12-10(3)13(17(23)24-5)26-15(12)18-14(21)11-8-9(2)20(4)19-11/h8H,6-7H2,1-5H3,(H,18,21). The molecule has 8 nitrogen and oxygen atoms in total. The van der Waals surface area contributed by atoms with Crippen molar-refractivity contribution in [2.75, 3.05) is 19.0 Å². The number of aryl methyl sites for hydroxylation is 2. The van der Waals surface area contributed by atoms with Crippen molar-refractivity contribution in [3.05, 3.63) is 33.5 Å². The van der Waals surface area contributed by atoms with E-state index in [1.165, 1.54) is 7.11 Å². The molecule has 0 radical (unpaired) electrons. The number of rotatable bonds is 6. The van der Waals surface area contributed by atoms with Gasteiger partial charge in [0.1, 0.15) is 9.88 Å². The summed E-state index contributed by atoms with van der Waals surface area (Å²) in [6, 6.07) is 1.63. The maximum Gasteiger partial charge on any atom is 0.348 e. The van der Waals surface area contributed by atoms with Crippen LogP contribution < -0.4 is 5.32 Å². The number of hydrogen-bond donors (Lipinski definition) is 1. The van der Waals surface area contributed by atoms with Crippen molar-refractivity contribution < 1.29 is 23.9 Å². The van der Waals surface area contributed by atoms with Gasteiger partial charge in [0.2, 0.25) is 0 Å². The minimum absolute atomic E-state index is 0.157. The van der Waals surface area contributed by atoms with E-state index in [-0.39, 0.29) is 27.7 Å². The van der Waals surface area contributed by atoms with E-state index in [0.29, 0.717) is 12.0 Å². The van der Waals surface area contributed by atoms with E-state index in [1.54, 1.807) is 24.7 Å². The summed E-state index contributed by atoms with van der Waals surface area (Å²) in [7, 11) is 2.98. The fourth-order valence-electron chi connectivity index (χ4n) is 2.24. The lowest BCUT2D eigenvalue weighted by Crippen LogP contribution is -2.16. The fraction of sp³-hybridized carbons (Fsp3) is 0.412. The van der Waals surface area contributed by atoms with E-state index in [4.69, 9.17) is 9.47 Å². The third-order valence-electron chi connectivity index (χ3n) is 3.73. The molecule has 0 bridgehead atoms. The van der Waals surface area contributed by atoms with Crippen LogP contribution in [0.4, 0.5) is 5.00 Å². The molecule has 0 fully saturated rings. The second kappa shape index (κ2) is 8.13. The zero-order chi connectivity index (χ0) is 19.4. The molecule has 0 saturated carbocycles. The molecule has 2 aromatic rings. The number of carbonyl (C=O) groups is 3. The molecule has 0 atom stereocenters. The second-order valence-electron chi connectivity index (χ2n) is 5.64. The average Bonchev–Trinajstić information content (AvgIpc) is 3.11. The van der Waals surface area contributed by atoms with Gasteiger partial charge in [-0.05, 0) is 31.9 Å². The van der Waals surface area contributed by atoms with Crippen molar-refractivity contribution in [3.63, 3.8) is 0 Å². The van der Waals surface area contributed by atoms with Crippen LogP contribution >= 0.6 is 11.3 Å². The summed E-state index contributed by atoms with van der Waals surface area (Å²) in [4.78, 5) is 37.1. The van der Waals surface area contributed by atoms with Crippen LogP contribution in [0, 0.1) is 13.8 Å². The molecule has 1 amide bonds. The van der Waals surface area contributed by atoms with Gasteiger partial charge in [0.05, 0.1) is 19.3 Å². The first kappa shape index (κ1) is 19.6. The van der Waals surface area contributed by atoms with Gasteiger partial charge in [-0.15, -0.1) is 11.3 Å². The summed E-state index contributed by atoms with van der Waals surface area (Å²) in [5.41, 5.74) is 1.60. The Balaban J connectivity index is 2.40. The van der Waals surface area contributed by atoms with Gasteiger partial charge in [0, 0.05) is 12.7 Å². The van der Waals surface area contributed by atoms with Crippen molar-refractivity contribution >= 4 is 34.2 Å². The molecule has 0 aliphatic heterocycles. The van der Waals surface area contributed by atoms with E-state index >= 15 is 0 Å². The summed E-state index contributed by atoms with van der Waals surface area (Å²) >= 11 is 0.973. The number of aromatic nitrogens is 2. The number of amides is 1. The molecule has 0 aromatic carbocycles. The van der Waals surface area contributed by atoms with Gasteiger partial charge in [-0.1, -0.05) is 6.92 Å². The maximum atomic E-state index is 12.5. The lowest BCUT2D eigenvalue weighted by molar-refractivity contribution is 0.0506. The highest BCUT2D eigenvalue weighted by Gasteiger charge is 2.27. The predicted octanol–water partition coefficient (Wildman–Crippen LogP) is 2.70. The Morgan fingerprint density at radius 3 is 2.50 bits per heavy atom. The summed E-state index contributed by atoms with van der Waals surface area (Å²) in [6.45, 7) is 5.56. The van der Waals surface area contributed by atoms with Crippen molar-refractivity contribution in [1.29, 1.82) is 0 Å². The lowest BCUT2D eigenvalue weighted by atomic mass is 10.1. The average molecular weight is 379 g/mol. The van der Waals surface area contributed by atoms with Crippen LogP contribution in [0.15, 0.2) is 6.07 Å². The number of esters is 2. The molecule has 26 heavy (non-hydrogen) atoms. The first-order chi connectivity index (χ1) is 12.3. The largest absolute Gasteiger partial charge is 0.465 e. The second-order valence-corrected chi connectivity index (χ2v) is 6.66. The van der Waals surface area contributed by atoms with Crippen LogP contribution in [-0.2, 0) is 16.5 Å². The minimum Gasteiger partial charge on any atom is -0.465 e. The number of anilines is 1. The quantitative estimate of drug-likeness (QED) is 0.775. The number of carbonyl (C=O) groups excluding carboxylic acids is 3. The molecule has 9 heteroatoms. The Bertz CT molecular complexity index is 833. The zero-order valence-electron chi connectivity index (χ0n) is 15.3. The van der Waals surface area contributed by atoms with Gasteiger partial charge in [-0.2, -0.15) is 5.10 Å². The van der Waals surface area contributed by atoms with E-state index < -0.39 is 17.8 Å². The van der Waals surface area contributed by atoms with Crippen LogP contribution in [0.3, 0.4) is 0 Å². The van der Waals surface area contributed by atoms with E-state index in [0.717, 1.165) is 17.0 Å². The highest BCUT2D eigenvalue weighted by molar-refractivity contribution is 7.18. The van der Waals surface area contributed by atoms with E-state index in [2.05, 4.69) is 10.4 Å². The fourth-order valence-corrected chi connectivity index (χ4v) is 3.35. The molecule has 0 aliphatic carbocycles. The topological polar surface area (TPSA) is 99.5 Å². The molecule has 140 valence electrons. The van der Waals surface area contributed by atoms with Crippen molar-refractivity contribution in [2.45, 2.75) is 27.2 Å². The normalized spacial score (nSPS) is 10.5. The zero-order valence-corrected chi connectivity index (χ0v) is 16.2. The van der Waals surface area contributed by atoms with Crippen LogP contribution in [-0.4, -0.2) is 41.3 Å². The van der Waals surface area contributed by atoms with Gasteiger partial charge in [0.15, 0.2) is 5.69 Å². The van der Waals surface area contributed by atoms with Crippen LogP contribution in [0.5, 0.6) is 0 Å². The van der Waals surface area contributed by atoms with Crippen molar-refractivity contribution in [3.8, 4) is 0 Å². The monoisotopic (exact) mass is 379 g/mol. The Hall–Kier alpha value is -2.68. The molecule has 2 heterocycles. The molecular weight excluding hydrogens is 358 g/mol. The molecule has 1 N–H and O–H groups in total. The third-order valence-corrected chi connectivity index (χ3v) is 4.92. The molecule has 2 rings (SSSR count). The first-order valence-electron chi connectivity index (χ1n) is 8.00. The van der Waals surface area contributed by atoms with Crippen molar-refractivity contribution in [2.24, 2.45) is 7.05 Å². The third kappa shape index (κ3) is 3.93. The molecule has 0 spiro atoms. The Kier molecular flexibility index (Phi) is 6.14. The number of nitrogens with one attached hydrogen (secondary N) is 1. The van der Waals surface area contributed by atoms with Crippen LogP contribution in [0.2, 0.25) is 0 Å². The Morgan fingerprint density at radius 1 is 1.27 bits per heavy atom. The maximum absolute atomic E-state index is 12.5.